The molecule has 14 heavy (non-hydrogen) atoms. The summed E-state index contributed by atoms with van der Waals surface area (Å²) in [6, 6.07) is 5.09. The van der Waals surface area contributed by atoms with Crippen molar-refractivity contribution in [1.82, 2.24) is 10.2 Å². The van der Waals surface area contributed by atoms with Crippen LogP contribution in [0.4, 0.5) is 5.82 Å². The van der Waals surface area contributed by atoms with Crippen molar-refractivity contribution in [2.45, 2.75) is 19.4 Å². The third-order valence-electron chi connectivity index (χ3n) is 1.48. The van der Waals surface area contributed by atoms with Gasteiger partial charge in [0.1, 0.15) is 11.9 Å². The number of nitrogens with one attached hydrogen (secondary N) is 1. The quantitative estimate of drug-likeness (QED) is 0.730. The molecule has 0 aliphatic heterocycles. The second-order valence-corrected chi connectivity index (χ2v) is 3.58. The predicted molar refractivity (Wildman–Crippen MR) is 51.5 cm³/mol. The van der Waals surface area contributed by atoms with Gasteiger partial charge in [0, 0.05) is 6.54 Å². The van der Waals surface area contributed by atoms with Crippen molar-refractivity contribution in [3.63, 3.8) is 0 Å². The summed E-state index contributed by atoms with van der Waals surface area (Å²) in [5, 5.41) is 28.2. The number of nitriles is 1. The molecule has 0 saturated carbocycles. The van der Waals surface area contributed by atoms with Gasteiger partial charge in [-0.15, -0.1) is 10.2 Å². The van der Waals surface area contributed by atoms with Crippen LogP contribution in [0.15, 0.2) is 12.1 Å². The summed E-state index contributed by atoms with van der Waals surface area (Å²) in [5.41, 5.74) is -0.519. The van der Waals surface area contributed by atoms with Gasteiger partial charge in [0.2, 0.25) is 0 Å². The highest BCUT2D eigenvalue weighted by molar-refractivity contribution is 5.35. The Bertz CT molecular complexity index is 333. The summed E-state index contributed by atoms with van der Waals surface area (Å²) in [7, 11) is 0. The van der Waals surface area contributed by atoms with E-state index >= 15 is 0 Å². The fraction of sp³-hybridized carbons (Fsp3) is 0.444. The van der Waals surface area contributed by atoms with E-state index < -0.39 is 5.60 Å². The van der Waals surface area contributed by atoms with E-state index in [0.29, 0.717) is 12.4 Å². The zero-order valence-corrected chi connectivity index (χ0v) is 8.15. The molecule has 2 N–H and O–H groups in total. The molecule has 0 fully saturated rings. The van der Waals surface area contributed by atoms with Crippen LogP contribution in [0.3, 0.4) is 0 Å². The van der Waals surface area contributed by atoms with Crippen LogP contribution in [0, 0.1) is 11.3 Å². The Kier molecular flexibility index (Phi) is 2.99. The van der Waals surface area contributed by atoms with Crippen LogP contribution < -0.4 is 5.32 Å². The molecule has 0 amide bonds. The second kappa shape index (κ2) is 4.03. The molecule has 1 rings (SSSR count). The van der Waals surface area contributed by atoms with E-state index in [-0.39, 0.29) is 5.69 Å². The first kappa shape index (κ1) is 10.4. The Morgan fingerprint density at radius 2 is 2.21 bits per heavy atom. The van der Waals surface area contributed by atoms with Crippen molar-refractivity contribution in [1.29, 1.82) is 5.26 Å². The summed E-state index contributed by atoms with van der Waals surface area (Å²) < 4.78 is 0. The van der Waals surface area contributed by atoms with Crippen molar-refractivity contribution in [3.8, 4) is 6.07 Å². The van der Waals surface area contributed by atoms with Crippen molar-refractivity contribution < 1.29 is 5.11 Å². The number of nitrogens with zero attached hydrogens (tertiary/aromatic N) is 3. The van der Waals surface area contributed by atoms with E-state index in [9.17, 15) is 5.11 Å². The zero-order valence-electron chi connectivity index (χ0n) is 8.15. The molecular formula is C9H12N4O. The lowest BCUT2D eigenvalue weighted by atomic mass is 10.1. The van der Waals surface area contributed by atoms with Gasteiger partial charge >= 0.3 is 0 Å². The fourth-order valence-electron chi connectivity index (χ4n) is 0.793. The van der Waals surface area contributed by atoms with E-state index in [1.165, 1.54) is 0 Å². The normalized spacial score (nSPS) is 10.7. The van der Waals surface area contributed by atoms with Gasteiger partial charge < -0.3 is 10.4 Å². The average molecular weight is 192 g/mol. The highest BCUT2D eigenvalue weighted by Gasteiger charge is 2.11. The van der Waals surface area contributed by atoms with Crippen LogP contribution in [0.2, 0.25) is 0 Å². The molecule has 5 nitrogen and oxygen atoms in total. The van der Waals surface area contributed by atoms with Gasteiger partial charge in [0.25, 0.3) is 0 Å². The van der Waals surface area contributed by atoms with Crippen molar-refractivity contribution in [3.05, 3.63) is 17.8 Å². The summed E-state index contributed by atoms with van der Waals surface area (Å²) in [4.78, 5) is 0. The number of rotatable bonds is 3. The number of hydrogen-bond acceptors (Lipinski definition) is 5. The van der Waals surface area contributed by atoms with E-state index in [1.807, 2.05) is 6.07 Å². The van der Waals surface area contributed by atoms with Gasteiger partial charge in [0.05, 0.1) is 5.60 Å². The summed E-state index contributed by atoms with van der Waals surface area (Å²) in [6.45, 7) is 3.77. The molecule has 1 aromatic rings. The Balaban J connectivity index is 2.58. The largest absolute Gasteiger partial charge is 0.389 e. The summed E-state index contributed by atoms with van der Waals surface area (Å²) in [5.74, 6) is 0.547. The topological polar surface area (TPSA) is 81.8 Å². The molecule has 0 aliphatic carbocycles. The SMILES string of the molecule is CC(C)(O)CNc1ccc(C#N)nn1. The number of anilines is 1. The Morgan fingerprint density at radius 3 is 2.64 bits per heavy atom. The van der Waals surface area contributed by atoms with Crippen LogP contribution in [0.5, 0.6) is 0 Å². The molecule has 0 aliphatic rings. The highest BCUT2D eigenvalue weighted by atomic mass is 16.3. The van der Waals surface area contributed by atoms with E-state index in [4.69, 9.17) is 5.26 Å². The van der Waals surface area contributed by atoms with Gasteiger partial charge in [-0.2, -0.15) is 5.26 Å². The number of hydrogen-bond donors (Lipinski definition) is 2. The third kappa shape index (κ3) is 3.37. The molecule has 0 spiro atoms. The molecule has 1 aromatic heterocycles. The Hall–Kier alpha value is -1.67. The van der Waals surface area contributed by atoms with Crippen molar-refractivity contribution >= 4 is 5.82 Å². The van der Waals surface area contributed by atoms with Crippen LogP contribution in [0.1, 0.15) is 19.5 Å². The smallest absolute Gasteiger partial charge is 0.163 e. The van der Waals surface area contributed by atoms with Gasteiger partial charge in [-0.25, -0.2) is 0 Å². The zero-order chi connectivity index (χ0) is 10.6. The molecule has 0 atom stereocenters. The monoisotopic (exact) mass is 192 g/mol. The molecule has 0 unspecified atom stereocenters. The molecular weight excluding hydrogens is 180 g/mol. The average Bonchev–Trinajstić information content (AvgIpc) is 2.14. The van der Waals surface area contributed by atoms with E-state index in [1.54, 1.807) is 26.0 Å². The van der Waals surface area contributed by atoms with Crippen LogP contribution in [-0.4, -0.2) is 27.4 Å². The molecule has 0 saturated heterocycles. The Morgan fingerprint density at radius 1 is 1.50 bits per heavy atom. The van der Waals surface area contributed by atoms with Crippen molar-refractivity contribution in [2.24, 2.45) is 0 Å². The number of aromatic nitrogens is 2. The highest BCUT2D eigenvalue weighted by Crippen LogP contribution is 2.05. The molecule has 0 bridgehead atoms. The first-order valence-electron chi connectivity index (χ1n) is 4.21. The molecule has 5 heteroatoms. The van der Waals surface area contributed by atoms with Crippen LogP contribution >= 0.6 is 0 Å². The molecule has 1 heterocycles. The lowest BCUT2D eigenvalue weighted by Crippen LogP contribution is -2.29. The van der Waals surface area contributed by atoms with Crippen molar-refractivity contribution in [2.75, 3.05) is 11.9 Å². The maximum Gasteiger partial charge on any atom is 0.163 e. The van der Waals surface area contributed by atoms with Gasteiger partial charge in [0.15, 0.2) is 5.69 Å². The summed E-state index contributed by atoms with van der Waals surface area (Å²) >= 11 is 0. The fourth-order valence-corrected chi connectivity index (χ4v) is 0.793. The molecule has 0 radical (unpaired) electrons. The molecule has 74 valence electrons. The third-order valence-corrected chi connectivity index (χ3v) is 1.48. The van der Waals surface area contributed by atoms with Crippen LogP contribution in [0.25, 0.3) is 0 Å². The lowest BCUT2D eigenvalue weighted by Gasteiger charge is -2.17. The predicted octanol–water partition coefficient (Wildman–Crippen LogP) is 0.531. The molecule has 0 aromatic carbocycles. The first-order chi connectivity index (χ1) is 6.51. The maximum atomic E-state index is 9.42. The Labute approximate surface area is 82.4 Å². The van der Waals surface area contributed by atoms with Gasteiger partial charge in [-0.05, 0) is 26.0 Å². The minimum Gasteiger partial charge on any atom is -0.389 e. The van der Waals surface area contributed by atoms with Gasteiger partial charge in [-0.1, -0.05) is 0 Å². The van der Waals surface area contributed by atoms with Crippen LogP contribution in [-0.2, 0) is 0 Å². The second-order valence-electron chi connectivity index (χ2n) is 3.58. The standard InChI is InChI=1S/C9H12N4O/c1-9(2,14)6-11-8-4-3-7(5-10)12-13-8/h3-4,14H,6H2,1-2H3,(H,11,13). The first-order valence-corrected chi connectivity index (χ1v) is 4.21. The van der Waals surface area contributed by atoms with E-state index in [0.717, 1.165) is 0 Å². The van der Waals surface area contributed by atoms with Gasteiger partial charge in [-0.3, -0.25) is 0 Å². The van der Waals surface area contributed by atoms with E-state index in [2.05, 4.69) is 15.5 Å². The maximum absolute atomic E-state index is 9.42. The summed E-state index contributed by atoms with van der Waals surface area (Å²) in [6.07, 6.45) is 0. The minimum absolute atomic E-state index is 0.277. The number of aliphatic hydroxyl groups is 1. The lowest BCUT2D eigenvalue weighted by molar-refractivity contribution is 0.0944. The minimum atomic E-state index is -0.796.